The summed E-state index contributed by atoms with van der Waals surface area (Å²) in [4.78, 5) is 0. The molecule has 2 aliphatic rings. The van der Waals surface area contributed by atoms with Crippen molar-refractivity contribution >= 4 is 12.4 Å². The molecule has 0 aromatic carbocycles. The summed E-state index contributed by atoms with van der Waals surface area (Å²) >= 11 is 0. The predicted molar refractivity (Wildman–Crippen MR) is 54.4 cm³/mol. The largest absolute Gasteiger partial charge is 0.330 e. The average Bonchev–Trinajstić information content (AvgIpc) is 2.03. The van der Waals surface area contributed by atoms with Crippen molar-refractivity contribution < 1.29 is 0 Å². The Kier molecular flexibility index (Phi) is 3.60. The van der Waals surface area contributed by atoms with Crippen LogP contribution in [-0.4, -0.2) is 6.54 Å². The number of allylic oxidation sites excluding steroid dienone is 2. The van der Waals surface area contributed by atoms with Crippen LogP contribution in [0.5, 0.6) is 0 Å². The minimum Gasteiger partial charge on any atom is -0.330 e. The van der Waals surface area contributed by atoms with Gasteiger partial charge in [-0.2, -0.15) is 0 Å². The summed E-state index contributed by atoms with van der Waals surface area (Å²) in [7, 11) is 0. The molecule has 2 rings (SSSR count). The van der Waals surface area contributed by atoms with Gasteiger partial charge in [-0.05, 0) is 50.0 Å². The molecular weight excluding hydrogens is 170 g/mol. The molecule has 0 radical (unpaired) electrons. The van der Waals surface area contributed by atoms with E-state index in [1.165, 1.54) is 25.7 Å². The minimum absolute atomic E-state index is 0. The first-order chi connectivity index (χ1) is 5.38. The van der Waals surface area contributed by atoms with E-state index in [1.54, 1.807) is 0 Å². The van der Waals surface area contributed by atoms with Crippen LogP contribution in [0.15, 0.2) is 12.2 Å². The van der Waals surface area contributed by atoms with Crippen molar-refractivity contribution in [2.24, 2.45) is 23.5 Å². The highest BCUT2D eigenvalue weighted by Crippen LogP contribution is 2.38. The first-order valence-electron chi connectivity index (χ1n) is 4.75. The quantitative estimate of drug-likeness (QED) is 0.627. The molecule has 2 N–H and O–H groups in total. The van der Waals surface area contributed by atoms with Gasteiger partial charge in [0.05, 0.1) is 0 Å². The Morgan fingerprint density at radius 3 is 2.75 bits per heavy atom. The van der Waals surface area contributed by atoms with Crippen molar-refractivity contribution in [1.82, 2.24) is 0 Å². The lowest BCUT2D eigenvalue weighted by Crippen LogP contribution is -2.28. The minimum atomic E-state index is 0. The first kappa shape index (κ1) is 10.1. The van der Waals surface area contributed by atoms with Gasteiger partial charge in [0.2, 0.25) is 0 Å². The number of rotatable bonds is 1. The maximum atomic E-state index is 5.68. The number of hydrogen-bond acceptors (Lipinski definition) is 1. The fourth-order valence-corrected chi connectivity index (χ4v) is 2.62. The summed E-state index contributed by atoms with van der Waals surface area (Å²) in [5.41, 5.74) is 5.68. The third-order valence-electron chi connectivity index (χ3n) is 3.15. The monoisotopic (exact) mass is 187 g/mol. The van der Waals surface area contributed by atoms with E-state index in [-0.39, 0.29) is 12.4 Å². The lowest BCUT2D eigenvalue weighted by atomic mass is 9.71. The molecule has 1 saturated carbocycles. The molecule has 2 aliphatic carbocycles. The molecule has 0 aromatic heterocycles. The van der Waals surface area contributed by atoms with Crippen LogP contribution >= 0.6 is 12.4 Å². The Morgan fingerprint density at radius 1 is 1.25 bits per heavy atom. The zero-order valence-corrected chi connectivity index (χ0v) is 8.22. The molecule has 70 valence electrons. The van der Waals surface area contributed by atoms with Crippen molar-refractivity contribution in [3.05, 3.63) is 12.2 Å². The third-order valence-corrected chi connectivity index (χ3v) is 3.15. The van der Waals surface area contributed by atoms with E-state index in [2.05, 4.69) is 12.2 Å². The van der Waals surface area contributed by atoms with E-state index in [0.717, 1.165) is 24.3 Å². The van der Waals surface area contributed by atoms with Gasteiger partial charge in [0.1, 0.15) is 0 Å². The number of halogens is 1. The second kappa shape index (κ2) is 4.29. The highest BCUT2D eigenvalue weighted by molar-refractivity contribution is 5.85. The SMILES string of the molecule is Cl.NC[C@@H]1C[C@H]2C=CC[C@H](C2)C1. The Hall–Kier alpha value is -0.0100. The Morgan fingerprint density at radius 2 is 2.08 bits per heavy atom. The molecule has 0 aromatic rings. The molecule has 1 nitrogen and oxygen atoms in total. The van der Waals surface area contributed by atoms with Crippen molar-refractivity contribution in [1.29, 1.82) is 0 Å². The molecule has 0 heterocycles. The zero-order valence-electron chi connectivity index (χ0n) is 7.41. The van der Waals surface area contributed by atoms with Gasteiger partial charge in [-0.3, -0.25) is 0 Å². The van der Waals surface area contributed by atoms with Crippen LogP contribution in [-0.2, 0) is 0 Å². The van der Waals surface area contributed by atoms with Crippen LogP contribution in [0.2, 0.25) is 0 Å². The Balaban J connectivity index is 0.000000720. The molecule has 3 atom stereocenters. The van der Waals surface area contributed by atoms with Crippen LogP contribution < -0.4 is 5.73 Å². The van der Waals surface area contributed by atoms with Gasteiger partial charge in [-0.1, -0.05) is 12.2 Å². The van der Waals surface area contributed by atoms with E-state index in [0.29, 0.717) is 0 Å². The van der Waals surface area contributed by atoms with Gasteiger partial charge in [-0.25, -0.2) is 0 Å². The topological polar surface area (TPSA) is 26.0 Å². The standard InChI is InChI=1S/C10H17N.ClH/c11-7-10-5-8-2-1-3-9(4-8)6-10;/h1-2,8-10H,3-7,11H2;1H/t8-,9+,10+;/m0./s1. The molecule has 2 heteroatoms. The molecule has 1 fully saturated rings. The van der Waals surface area contributed by atoms with Crippen LogP contribution in [0.1, 0.15) is 25.7 Å². The van der Waals surface area contributed by atoms with Gasteiger partial charge in [0.25, 0.3) is 0 Å². The Bertz CT molecular complexity index is 167. The maximum Gasteiger partial charge on any atom is -0.00485 e. The molecule has 0 unspecified atom stereocenters. The molecule has 0 spiro atoms. The van der Waals surface area contributed by atoms with Crippen molar-refractivity contribution in [2.75, 3.05) is 6.54 Å². The summed E-state index contributed by atoms with van der Waals surface area (Å²) in [6.45, 7) is 0.904. The highest BCUT2D eigenvalue weighted by atomic mass is 35.5. The molecule has 0 amide bonds. The van der Waals surface area contributed by atoms with Gasteiger partial charge in [-0.15, -0.1) is 12.4 Å². The van der Waals surface area contributed by atoms with Crippen LogP contribution in [0, 0.1) is 17.8 Å². The van der Waals surface area contributed by atoms with Gasteiger partial charge >= 0.3 is 0 Å². The van der Waals surface area contributed by atoms with E-state index in [1.807, 2.05) is 0 Å². The zero-order chi connectivity index (χ0) is 7.68. The number of nitrogens with two attached hydrogens (primary N) is 1. The summed E-state index contributed by atoms with van der Waals surface area (Å²) in [5.74, 6) is 2.66. The summed E-state index contributed by atoms with van der Waals surface area (Å²) in [6.07, 6.45) is 10.3. The third kappa shape index (κ3) is 2.02. The Labute approximate surface area is 80.8 Å². The maximum absolute atomic E-state index is 5.68. The van der Waals surface area contributed by atoms with Crippen LogP contribution in [0.3, 0.4) is 0 Å². The normalized spacial score (nSPS) is 38.9. The van der Waals surface area contributed by atoms with Gasteiger partial charge < -0.3 is 5.73 Å². The lowest BCUT2D eigenvalue weighted by Gasteiger charge is -2.35. The highest BCUT2D eigenvalue weighted by Gasteiger charge is 2.28. The first-order valence-corrected chi connectivity index (χ1v) is 4.75. The second-order valence-electron chi connectivity index (χ2n) is 4.10. The summed E-state index contributed by atoms with van der Waals surface area (Å²) < 4.78 is 0. The van der Waals surface area contributed by atoms with Gasteiger partial charge in [0, 0.05) is 0 Å². The van der Waals surface area contributed by atoms with Crippen molar-refractivity contribution in [3.63, 3.8) is 0 Å². The number of fused-ring (bicyclic) bond motifs is 2. The van der Waals surface area contributed by atoms with Crippen molar-refractivity contribution in [2.45, 2.75) is 25.7 Å². The van der Waals surface area contributed by atoms with Crippen molar-refractivity contribution in [3.8, 4) is 0 Å². The van der Waals surface area contributed by atoms with Crippen LogP contribution in [0.25, 0.3) is 0 Å². The average molecular weight is 188 g/mol. The van der Waals surface area contributed by atoms with E-state index in [9.17, 15) is 0 Å². The molecule has 0 aliphatic heterocycles. The number of hydrogen-bond donors (Lipinski definition) is 1. The molecule has 2 bridgehead atoms. The van der Waals surface area contributed by atoms with E-state index in [4.69, 9.17) is 5.73 Å². The predicted octanol–water partition coefficient (Wildman–Crippen LogP) is 2.36. The second-order valence-corrected chi connectivity index (χ2v) is 4.10. The molecule has 0 saturated heterocycles. The fraction of sp³-hybridized carbons (Fsp3) is 0.800. The lowest BCUT2D eigenvalue weighted by molar-refractivity contribution is 0.218. The smallest absolute Gasteiger partial charge is 0.00485 e. The fourth-order valence-electron chi connectivity index (χ4n) is 2.62. The molecular formula is C10H18ClN. The summed E-state index contributed by atoms with van der Waals surface area (Å²) in [5, 5.41) is 0. The summed E-state index contributed by atoms with van der Waals surface area (Å²) in [6, 6.07) is 0. The van der Waals surface area contributed by atoms with Crippen LogP contribution in [0.4, 0.5) is 0 Å². The van der Waals surface area contributed by atoms with E-state index >= 15 is 0 Å². The van der Waals surface area contributed by atoms with E-state index < -0.39 is 0 Å². The van der Waals surface area contributed by atoms with Gasteiger partial charge in [0.15, 0.2) is 0 Å². The molecule has 12 heavy (non-hydrogen) atoms.